The molecule has 56 heavy (non-hydrogen) atoms. The molecule has 1 saturated heterocycles. The number of aliphatic hydroxyl groups is 11. The first kappa shape index (κ1) is 52.2. The predicted molar refractivity (Wildman–Crippen MR) is 209 cm³/mol. The maximum Gasteiger partial charge on any atom is 0.333 e. The third kappa shape index (κ3) is 16.1. The fraction of sp³-hybridized carbons (Fsp3) is 0.829. The van der Waals surface area contributed by atoms with Gasteiger partial charge in [-0.25, -0.2) is 4.79 Å². The van der Waals surface area contributed by atoms with Crippen LogP contribution in [-0.2, 0) is 19.0 Å². The van der Waals surface area contributed by atoms with E-state index in [9.17, 15) is 55.9 Å². The SMILES string of the molecule is CC[C@H](C)C[C@H](C)C[C@H](C)[C@@H](O[C@@H]1O[C@H](CO)[C@@H](O)[C@H](O)[C@@H]1O)[C@@H](C)/C=C(\C)C[C@](C)(O)/C=C(\C)C(O)[C@@H](C)/C=C(\C)C(=O)O[C@H](CO)[C@H](O)[C@H](O)[C@H](O)CO. The van der Waals surface area contributed by atoms with Crippen LogP contribution in [0, 0.1) is 29.6 Å². The number of aliphatic hydroxyl groups excluding tert-OH is 10. The highest BCUT2D eigenvalue weighted by Crippen LogP contribution is 2.33. The number of esters is 1. The standard InChI is InChI=1S/C41H74O15/c1-11-21(2)12-22(3)13-25(6)38(56-40-37(51)36(50)35(49)31(20-44)55-40)26(7)14-23(4)16-41(10,53)17-28(9)32(46)24(5)15-27(8)39(52)54-30(19-43)34(48)33(47)29(45)18-42/h14-15,17,21-22,24-26,29-38,40,42-51,53H,11-13,16,18-20H2,1-10H3/b23-14+,27-15+,28-17+/t21-,22-,24-,25-,26-,29+,30+,31+,32?,33+,34-,35+,36-,37-,38+,40-,41-/m0/s1. The molecule has 17 atom stereocenters. The Hall–Kier alpha value is -1.83. The normalized spacial score (nSPS) is 28.5. The summed E-state index contributed by atoms with van der Waals surface area (Å²) in [5.74, 6) is -1.03. The van der Waals surface area contributed by atoms with Gasteiger partial charge in [0.2, 0.25) is 0 Å². The zero-order valence-electron chi connectivity index (χ0n) is 35.0. The molecule has 15 heteroatoms. The van der Waals surface area contributed by atoms with Gasteiger partial charge in [-0.15, -0.1) is 0 Å². The van der Waals surface area contributed by atoms with E-state index in [2.05, 4.69) is 20.8 Å². The van der Waals surface area contributed by atoms with Crippen LogP contribution in [0.2, 0.25) is 0 Å². The van der Waals surface area contributed by atoms with Gasteiger partial charge in [-0.3, -0.25) is 0 Å². The second-order valence-corrected chi connectivity index (χ2v) is 16.7. The van der Waals surface area contributed by atoms with Crippen LogP contribution in [0.25, 0.3) is 0 Å². The van der Waals surface area contributed by atoms with Crippen molar-refractivity contribution in [1.29, 1.82) is 0 Å². The summed E-state index contributed by atoms with van der Waals surface area (Å²) in [6, 6.07) is 0. The molecule has 0 bridgehead atoms. The van der Waals surface area contributed by atoms with E-state index in [4.69, 9.17) is 19.3 Å². The lowest BCUT2D eigenvalue weighted by Gasteiger charge is -2.42. The summed E-state index contributed by atoms with van der Waals surface area (Å²) < 4.78 is 17.2. The zero-order valence-corrected chi connectivity index (χ0v) is 35.0. The molecule has 1 fully saturated rings. The Morgan fingerprint density at radius 2 is 1.43 bits per heavy atom. The summed E-state index contributed by atoms with van der Waals surface area (Å²) in [4.78, 5) is 12.7. The van der Waals surface area contributed by atoms with Crippen molar-refractivity contribution in [2.45, 2.75) is 168 Å². The molecular formula is C41H74O15. The van der Waals surface area contributed by atoms with Gasteiger partial charge in [0.15, 0.2) is 12.4 Å². The van der Waals surface area contributed by atoms with Crippen molar-refractivity contribution in [3.8, 4) is 0 Å². The van der Waals surface area contributed by atoms with Gasteiger partial charge < -0.3 is 70.4 Å². The van der Waals surface area contributed by atoms with E-state index in [0.717, 1.165) is 24.8 Å². The summed E-state index contributed by atoms with van der Waals surface area (Å²) in [6.45, 7) is 16.3. The third-order valence-corrected chi connectivity index (χ3v) is 10.8. The highest BCUT2D eigenvalue weighted by molar-refractivity contribution is 5.88. The summed E-state index contributed by atoms with van der Waals surface area (Å²) >= 11 is 0. The monoisotopic (exact) mass is 807 g/mol. The number of hydrogen-bond acceptors (Lipinski definition) is 15. The largest absolute Gasteiger partial charge is 0.454 e. The zero-order chi connectivity index (χ0) is 43.2. The van der Waals surface area contributed by atoms with Crippen molar-refractivity contribution in [2.24, 2.45) is 29.6 Å². The molecule has 0 aromatic heterocycles. The molecule has 0 aromatic rings. The van der Waals surface area contributed by atoms with Crippen LogP contribution in [0.3, 0.4) is 0 Å². The van der Waals surface area contributed by atoms with Crippen LogP contribution in [0.5, 0.6) is 0 Å². The first-order chi connectivity index (χ1) is 25.9. The Morgan fingerprint density at radius 1 is 0.821 bits per heavy atom. The van der Waals surface area contributed by atoms with Crippen molar-refractivity contribution >= 4 is 5.97 Å². The van der Waals surface area contributed by atoms with Crippen molar-refractivity contribution in [3.63, 3.8) is 0 Å². The van der Waals surface area contributed by atoms with Crippen LogP contribution < -0.4 is 0 Å². The minimum atomic E-state index is -1.89. The Bertz CT molecular complexity index is 1250. The molecule has 0 saturated carbocycles. The number of ether oxygens (including phenoxy) is 3. The molecule has 1 unspecified atom stereocenters. The van der Waals surface area contributed by atoms with Crippen molar-refractivity contribution in [1.82, 2.24) is 0 Å². The van der Waals surface area contributed by atoms with Crippen molar-refractivity contribution in [3.05, 3.63) is 34.9 Å². The van der Waals surface area contributed by atoms with Crippen LogP contribution >= 0.6 is 0 Å². The van der Waals surface area contributed by atoms with E-state index in [1.165, 1.54) is 19.1 Å². The van der Waals surface area contributed by atoms with Crippen LogP contribution in [0.15, 0.2) is 34.9 Å². The molecule has 1 rings (SSSR count). The second-order valence-electron chi connectivity index (χ2n) is 16.7. The Morgan fingerprint density at radius 3 is 1.96 bits per heavy atom. The molecule has 11 N–H and O–H groups in total. The molecule has 0 amide bonds. The van der Waals surface area contributed by atoms with Crippen LogP contribution in [0.1, 0.15) is 94.9 Å². The molecule has 0 aromatic carbocycles. The summed E-state index contributed by atoms with van der Waals surface area (Å²) in [7, 11) is 0. The Balaban J connectivity index is 3.18. The molecule has 328 valence electrons. The molecule has 0 radical (unpaired) electrons. The first-order valence-corrected chi connectivity index (χ1v) is 19.8. The van der Waals surface area contributed by atoms with Crippen molar-refractivity contribution in [2.75, 3.05) is 19.8 Å². The minimum absolute atomic E-state index is 0.0238. The third-order valence-electron chi connectivity index (χ3n) is 10.8. The topological polar surface area (TPSA) is 267 Å². The van der Waals surface area contributed by atoms with E-state index in [1.54, 1.807) is 20.8 Å². The van der Waals surface area contributed by atoms with Gasteiger partial charge in [-0.05, 0) is 63.9 Å². The van der Waals surface area contributed by atoms with E-state index < -0.39 is 105 Å². The van der Waals surface area contributed by atoms with Gasteiger partial charge in [0.05, 0.1) is 37.6 Å². The lowest BCUT2D eigenvalue weighted by Crippen LogP contribution is -2.60. The number of hydrogen-bond donors (Lipinski definition) is 11. The maximum atomic E-state index is 12.7. The van der Waals surface area contributed by atoms with Gasteiger partial charge in [-0.1, -0.05) is 71.8 Å². The van der Waals surface area contributed by atoms with Gasteiger partial charge in [0.1, 0.15) is 42.7 Å². The lowest BCUT2D eigenvalue weighted by molar-refractivity contribution is -0.317. The van der Waals surface area contributed by atoms with E-state index in [1.807, 2.05) is 26.8 Å². The highest BCUT2D eigenvalue weighted by atomic mass is 16.7. The average Bonchev–Trinajstić information content (AvgIpc) is 3.13. The van der Waals surface area contributed by atoms with Crippen LogP contribution in [0.4, 0.5) is 0 Å². The predicted octanol–water partition coefficient (Wildman–Crippen LogP) is 0.862. The van der Waals surface area contributed by atoms with Crippen molar-refractivity contribution < 1.29 is 75.2 Å². The Kier molecular flexibility index (Phi) is 22.6. The molecule has 1 heterocycles. The molecular weight excluding hydrogens is 732 g/mol. The molecule has 0 aliphatic carbocycles. The highest BCUT2D eigenvalue weighted by Gasteiger charge is 2.46. The average molecular weight is 807 g/mol. The molecule has 1 aliphatic heterocycles. The Labute approximate surface area is 333 Å². The van der Waals surface area contributed by atoms with Gasteiger partial charge in [-0.2, -0.15) is 0 Å². The molecule has 0 spiro atoms. The maximum absolute atomic E-state index is 12.7. The minimum Gasteiger partial charge on any atom is -0.454 e. The number of rotatable bonds is 24. The smallest absolute Gasteiger partial charge is 0.333 e. The second kappa shape index (κ2) is 24.3. The lowest BCUT2D eigenvalue weighted by atomic mass is 9.82. The number of carbonyl (C=O) groups excluding carboxylic acids is 1. The van der Waals surface area contributed by atoms with E-state index in [-0.39, 0.29) is 23.8 Å². The summed E-state index contributed by atoms with van der Waals surface area (Å²) in [5, 5.41) is 112. The summed E-state index contributed by atoms with van der Waals surface area (Å²) in [6.07, 6.45) is -7.88. The number of carbonyl (C=O) groups is 1. The van der Waals surface area contributed by atoms with Gasteiger partial charge in [0, 0.05) is 23.8 Å². The van der Waals surface area contributed by atoms with E-state index >= 15 is 0 Å². The van der Waals surface area contributed by atoms with Gasteiger partial charge >= 0.3 is 5.97 Å². The fourth-order valence-corrected chi connectivity index (χ4v) is 7.59. The van der Waals surface area contributed by atoms with Gasteiger partial charge in [0.25, 0.3) is 0 Å². The van der Waals surface area contributed by atoms with Crippen LogP contribution in [-0.4, -0.2) is 155 Å². The summed E-state index contributed by atoms with van der Waals surface area (Å²) in [5.41, 5.74) is -0.182. The fourth-order valence-electron chi connectivity index (χ4n) is 7.59. The quantitative estimate of drug-likeness (QED) is 0.0367. The molecule has 15 nitrogen and oxygen atoms in total. The van der Waals surface area contributed by atoms with E-state index in [0.29, 0.717) is 17.4 Å². The molecule has 1 aliphatic rings. The first-order valence-electron chi connectivity index (χ1n) is 19.8.